The van der Waals surface area contributed by atoms with Crippen molar-refractivity contribution in [1.82, 2.24) is 14.9 Å². The zero-order chi connectivity index (χ0) is 17.0. The van der Waals surface area contributed by atoms with Crippen LogP contribution < -0.4 is 16.6 Å². The van der Waals surface area contributed by atoms with Gasteiger partial charge in [-0.05, 0) is 12.1 Å². The van der Waals surface area contributed by atoms with Gasteiger partial charge < -0.3 is 5.73 Å². The summed E-state index contributed by atoms with van der Waals surface area (Å²) in [5, 5.41) is 3.30. The molecule has 2 amide bonds. The van der Waals surface area contributed by atoms with E-state index in [0.717, 1.165) is 6.07 Å². The molecule has 118 valence electrons. The van der Waals surface area contributed by atoms with Crippen LogP contribution in [0.4, 0.5) is 5.82 Å². The number of rotatable bonds is 1. The smallest absolute Gasteiger partial charge is 0.262 e. The van der Waals surface area contributed by atoms with Crippen LogP contribution in [0.3, 0.4) is 0 Å². The number of para-hydroxylation sites is 1. The number of nitrogens with two attached hydrogens (primary N) is 1. The molecule has 0 atom stereocenters. The zero-order valence-electron chi connectivity index (χ0n) is 12.0. The van der Waals surface area contributed by atoms with Crippen LogP contribution in [0.1, 0.15) is 20.7 Å². The minimum absolute atomic E-state index is 0.00873. The molecule has 0 bridgehead atoms. The van der Waals surface area contributed by atoms with Gasteiger partial charge in [-0.1, -0.05) is 23.7 Å². The molecule has 0 radical (unpaired) electrons. The summed E-state index contributed by atoms with van der Waals surface area (Å²) >= 11 is 5.95. The number of amides is 2. The molecule has 1 aliphatic rings. The van der Waals surface area contributed by atoms with Crippen molar-refractivity contribution in [1.29, 1.82) is 0 Å². The van der Waals surface area contributed by atoms with Crippen LogP contribution in [0.15, 0.2) is 41.3 Å². The van der Waals surface area contributed by atoms with E-state index >= 15 is 0 Å². The van der Waals surface area contributed by atoms with Crippen LogP contribution >= 0.6 is 11.6 Å². The van der Waals surface area contributed by atoms with Crippen molar-refractivity contribution in [2.24, 2.45) is 0 Å². The van der Waals surface area contributed by atoms with E-state index in [2.05, 4.69) is 10.3 Å². The molecule has 8 heteroatoms. The molecular weight excluding hydrogens is 332 g/mol. The summed E-state index contributed by atoms with van der Waals surface area (Å²) in [6, 6.07) is 7.98. The molecule has 0 saturated carbocycles. The SMILES string of the molecule is Nc1c2c(cc(=O)n1-c1cccc3cc(Cl)cnc13)C(=O)NC2=O. The van der Waals surface area contributed by atoms with Crippen LogP contribution in [-0.2, 0) is 0 Å². The molecule has 3 heterocycles. The number of carbonyl (C=O) groups excluding carboxylic acids is 2. The first kappa shape index (κ1) is 14.4. The molecule has 0 saturated heterocycles. The molecule has 0 fully saturated rings. The highest BCUT2D eigenvalue weighted by atomic mass is 35.5. The number of benzene rings is 1. The van der Waals surface area contributed by atoms with Gasteiger partial charge in [0.15, 0.2) is 0 Å². The van der Waals surface area contributed by atoms with Crippen molar-refractivity contribution in [3.8, 4) is 5.69 Å². The number of hydrogen-bond donors (Lipinski definition) is 2. The van der Waals surface area contributed by atoms with E-state index in [1.165, 1.54) is 10.8 Å². The van der Waals surface area contributed by atoms with Crippen molar-refractivity contribution in [2.45, 2.75) is 0 Å². The van der Waals surface area contributed by atoms with Gasteiger partial charge in [-0.2, -0.15) is 0 Å². The molecular formula is C16H9ClN4O3. The molecule has 7 nitrogen and oxygen atoms in total. The number of aromatic nitrogens is 2. The molecule has 24 heavy (non-hydrogen) atoms. The maximum atomic E-state index is 12.5. The Morgan fingerprint density at radius 2 is 1.92 bits per heavy atom. The van der Waals surface area contributed by atoms with Crippen molar-refractivity contribution in [2.75, 3.05) is 5.73 Å². The fraction of sp³-hybridized carbons (Fsp3) is 0. The third-order valence-electron chi connectivity index (χ3n) is 3.85. The van der Waals surface area contributed by atoms with Gasteiger partial charge in [-0.3, -0.25) is 29.3 Å². The molecule has 0 spiro atoms. The van der Waals surface area contributed by atoms with E-state index in [4.69, 9.17) is 17.3 Å². The van der Waals surface area contributed by atoms with Crippen LogP contribution in [0, 0.1) is 0 Å². The standard InChI is InChI=1S/C16H9ClN4O3/c17-8-4-7-2-1-3-10(13(7)19-6-8)21-11(22)5-9-12(14(21)18)16(24)20-15(9)23/h1-6H,18H2,(H,20,23,24). The lowest BCUT2D eigenvalue weighted by Crippen LogP contribution is -2.24. The highest BCUT2D eigenvalue weighted by Gasteiger charge is 2.32. The lowest BCUT2D eigenvalue weighted by atomic mass is 10.1. The normalized spacial score (nSPS) is 13.2. The van der Waals surface area contributed by atoms with Gasteiger partial charge in [0.05, 0.1) is 27.4 Å². The number of hydrogen-bond acceptors (Lipinski definition) is 5. The van der Waals surface area contributed by atoms with Gasteiger partial charge in [0, 0.05) is 17.6 Å². The fourth-order valence-corrected chi connectivity index (χ4v) is 2.99. The van der Waals surface area contributed by atoms with Gasteiger partial charge in [0.25, 0.3) is 17.4 Å². The summed E-state index contributed by atoms with van der Waals surface area (Å²) in [7, 11) is 0. The number of carbonyl (C=O) groups is 2. The van der Waals surface area contributed by atoms with Gasteiger partial charge >= 0.3 is 0 Å². The molecule has 1 aromatic carbocycles. The Labute approximate surface area is 139 Å². The Morgan fingerprint density at radius 1 is 1.12 bits per heavy atom. The summed E-state index contributed by atoms with van der Waals surface area (Å²) in [5.74, 6) is -1.36. The highest BCUT2D eigenvalue weighted by Crippen LogP contribution is 2.27. The maximum Gasteiger partial charge on any atom is 0.262 e. The van der Waals surface area contributed by atoms with Crippen molar-refractivity contribution < 1.29 is 9.59 Å². The molecule has 2 aromatic heterocycles. The Hall–Kier alpha value is -3.19. The quantitative estimate of drug-likeness (QED) is 0.653. The number of imide groups is 1. The summed E-state index contributed by atoms with van der Waals surface area (Å²) in [5.41, 5.74) is 6.39. The lowest BCUT2D eigenvalue weighted by molar-refractivity contribution is 0.0880. The number of halogens is 1. The minimum atomic E-state index is -0.631. The second kappa shape index (κ2) is 4.90. The number of pyridine rings is 2. The van der Waals surface area contributed by atoms with Crippen LogP contribution in [0.5, 0.6) is 0 Å². The van der Waals surface area contributed by atoms with E-state index in [1.807, 2.05) is 0 Å². The molecule has 3 aromatic rings. The largest absolute Gasteiger partial charge is 0.384 e. The van der Waals surface area contributed by atoms with Gasteiger partial charge in [-0.15, -0.1) is 0 Å². The first-order valence-corrected chi connectivity index (χ1v) is 7.31. The lowest BCUT2D eigenvalue weighted by Gasteiger charge is -2.13. The third-order valence-corrected chi connectivity index (χ3v) is 4.06. The predicted octanol–water partition coefficient (Wildman–Crippen LogP) is 1.50. The van der Waals surface area contributed by atoms with E-state index in [9.17, 15) is 14.4 Å². The Morgan fingerprint density at radius 3 is 2.71 bits per heavy atom. The Bertz CT molecular complexity index is 1120. The van der Waals surface area contributed by atoms with Gasteiger partial charge in [-0.25, -0.2) is 0 Å². The number of anilines is 1. The van der Waals surface area contributed by atoms with E-state index < -0.39 is 17.4 Å². The second-order valence-corrected chi connectivity index (χ2v) is 5.71. The van der Waals surface area contributed by atoms with Gasteiger partial charge in [0.1, 0.15) is 5.82 Å². The molecule has 3 N–H and O–H groups in total. The molecule has 4 rings (SSSR count). The number of nitrogen functional groups attached to an aromatic ring is 1. The van der Waals surface area contributed by atoms with Crippen LogP contribution in [0.2, 0.25) is 5.02 Å². The highest BCUT2D eigenvalue weighted by molar-refractivity contribution is 6.31. The predicted molar refractivity (Wildman–Crippen MR) is 88.6 cm³/mol. The summed E-state index contributed by atoms with van der Waals surface area (Å²) < 4.78 is 1.17. The van der Waals surface area contributed by atoms with E-state index in [0.29, 0.717) is 21.6 Å². The summed E-state index contributed by atoms with van der Waals surface area (Å²) in [6.45, 7) is 0. The number of nitrogens with zero attached hydrogens (tertiary/aromatic N) is 2. The topological polar surface area (TPSA) is 107 Å². The summed E-state index contributed by atoms with van der Waals surface area (Å²) in [4.78, 5) is 40.4. The third kappa shape index (κ3) is 1.92. The monoisotopic (exact) mass is 340 g/mol. The van der Waals surface area contributed by atoms with Crippen LogP contribution in [0.25, 0.3) is 16.6 Å². The second-order valence-electron chi connectivity index (χ2n) is 5.28. The van der Waals surface area contributed by atoms with Crippen LogP contribution in [-0.4, -0.2) is 21.4 Å². The molecule has 1 aliphatic heterocycles. The minimum Gasteiger partial charge on any atom is -0.384 e. The first-order valence-electron chi connectivity index (χ1n) is 6.93. The van der Waals surface area contributed by atoms with Crippen molar-refractivity contribution in [3.05, 3.63) is 63.0 Å². The Kier molecular flexibility index (Phi) is 2.94. The molecule has 0 aliphatic carbocycles. The first-order chi connectivity index (χ1) is 11.5. The van der Waals surface area contributed by atoms with Gasteiger partial charge in [0.2, 0.25) is 0 Å². The number of nitrogens with one attached hydrogen (secondary N) is 1. The number of fused-ring (bicyclic) bond motifs is 2. The molecule has 0 unspecified atom stereocenters. The summed E-state index contributed by atoms with van der Waals surface area (Å²) in [6.07, 6.45) is 1.46. The van der Waals surface area contributed by atoms with E-state index in [1.54, 1.807) is 24.3 Å². The van der Waals surface area contributed by atoms with E-state index in [-0.39, 0.29) is 16.9 Å². The zero-order valence-corrected chi connectivity index (χ0v) is 12.8. The average molecular weight is 341 g/mol. The fourth-order valence-electron chi connectivity index (χ4n) is 2.83. The maximum absolute atomic E-state index is 12.5. The van der Waals surface area contributed by atoms with Crippen molar-refractivity contribution >= 4 is 40.1 Å². The van der Waals surface area contributed by atoms with Crippen molar-refractivity contribution in [3.63, 3.8) is 0 Å². The average Bonchev–Trinajstić information content (AvgIpc) is 2.81. The Balaban J connectivity index is 2.10.